The summed E-state index contributed by atoms with van der Waals surface area (Å²) in [5.74, 6) is -4.14. The molecule has 5 N–H and O–H groups in total. The number of hydrogen-bond donors (Lipinski definition) is 5. The van der Waals surface area contributed by atoms with Crippen molar-refractivity contribution in [3.05, 3.63) is 0 Å². The van der Waals surface area contributed by atoms with Gasteiger partial charge in [0.05, 0.1) is 66.6 Å². The molecule has 3 heterocycles. The lowest BCUT2D eigenvalue weighted by molar-refractivity contribution is -0.317. The van der Waals surface area contributed by atoms with E-state index in [0.717, 1.165) is 0 Å². The number of oxime groups is 1. The standard InChI is InChI=1S/C41H76N2O15/c1-15-29-41(10,49)34(45)24(4)31(42-53-21-52-17-16-50-13)22(2)19-39(8,48)36(58-38-32(44)28(43(11)12)18-23(3)54-38)25(5)33(26(6)37(47)56-29)57-30-20-40(9,51-14)35(46)27(7)55-30/h22-30,32-36,38,44-46,48-49H,15-21H2,1-14H3/b42-31+/t22-,23+,24-,25-,26+,27-,28-,29-,30+,32-,33+,34-,35+,36-,38-,39+,40-,41+/m0/s1. The van der Waals surface area contributed by atoms with E-state index in [1.807, 2.05) is 32.8 Å². The van der Waals surface area contributed by atoms with Crippen molar-refractivity contribution in [3.8, 4) is 0 Å². The highest BCUT2D eigenvalue weighted by Crippen LogP contribution is 2.41. The fourth-order valence-electron chi connectivity index (χ4n) is 8.93. The van der Waals surface area contributed by atoms with Crippen LogP contribution in [0.25, 0.3) is 0 Å². The van der Waals surface area contributed by atoms with Crippen LogP contribution < -0.4 is 0 Å². The molecule has 0 aliphatic carbocycles. The van der Waals surface area contributed by atoms with Crippen LogP contribution in [0.2, 0.25) is 0 Å². The van der Waals surface area contributed by atoms with Crippen LogP contribution in [-0.4, -0.2) is 175 Å². The minimum atomic E-state index is -1.97. The molecule has 340 valence electrons. The van der Waals surface area contributed by atoms with E-state index in [-0.39, 0.29) is 44.8 Å². The molecule has 18 atom stereocenters. The summed E-state index contributed by atoms with van der Waals surface area (Å²) in [7, 11) is 6.76. The second-order valence-corrected chi connectivity index (χ2v) is 17.7. The van der Waals surface area contributed by atoms with Gasteiger partial charge in [-0.15, -0.1) is 0 Å². The fourth-order valence-corrected chi connectivity index (χ4v) is 8.93. The Morgan fingerprint density at radius 3 is 2.14 bits per heavy atom. The maximum Gasteiger partial charge on any atom is 0.311 e. The molecule has 0 aromatic heterocycles. The highest BCUT2D eigenvalue weighted by Gasteiger charge is 2.53. The third-order valence-electron chi connectivity index (χ3n) is 12.6. The fraction of sp³-hybridized carbons (Fsp3) is 0.951. The second kappa shape index (κ2) is 21.5. The molecule has 0 aromatic rings. The summed E-state index contributed by atoms with van der Waals surface area (Å²) in [5.41, 5.74) is -4.49. The molecule has 0 unspecified atom stereocenters. The highest BCUT2D eigenvalue weighted by atomic mass is 16.7. The molecule has 3 aliphatic heterocycles. The van der Waals surface area contributed by atoms with Crippen molar-refractivity contribution >= 4 is 11.7 Å². The number of aliphatic hydroxyl groups excluding tert-OH is 3. The Morgan fingerprint density at radius 1 is 0.897 bits per heavy atom. The summed E-state index contributed by atoms with van der Waals surface area (Å²) in [6.45, 7) is 17.3. The molecular formula is C41H76N2O15. The van der Waals surface area contributed by atoms with E-state index >= 15 is 0 Å². The number of carbonyl (C=O) groups excluding carboxylic acids is 1. The van der Waals surface area contributed by atoms with Crippen LogP contribution in [0.4, 0.5) is 0 Å². The highest BCUT2D eigenvalue weighted by molar-refractivity contribution is 5.88. The first-order chi connectivity index (χ1) is 27.0. The van der Waals surface area contributed by atoms with Crippen LogP contribution in [0.1, 0.15) is 94.9 Å². The number of nitrogens with zero attached hydrogens (tertiary/aromatic N) is 2. The number of hydrogen-bond acceptors (Lipinski definition) is 17. The van der Waals surface area contributed by atoms with Crippen LogP contribution in [0.5, 0.6) is 0 Å². The van der Waals surface area contributed by atoms with Gasteiger partial charge >= 0.3 is 5.97 Å². The predicted molar refractivity (Wildman–Crippen MR) is 212 cm³/mol. The quantitative estimate of drug-likeness (QED) is 0.0778. The van der Waals surface area contributed by atoms with Crippen molar-refractivity contribution in [2.45, 2.75) is 179 Å². The van der Waals surface area contributed by atoms with E-state index in [2.05, 4.69) is 5.16 Å². The number of likely N-dealkylation sites (N-methyl/N-ethyl adjacent to an activating group) is 1. The molecule has 3 fully saturated rings. The van der Waals surface area contributed by atoms with Gasteiger partial charge in [0.2, 0.25) is 6.79 Å². The van der Waals surface area contributed by atoms with Crippen LogP contribution >= 0.6 is 0 Å². The van der Waals surface area contributed by atoms with Gasteiger partial charge < -0.3 is 73.2 Å². The topological polar surface area (TPSA) is 217 Å². The number of aliphatic hydroxyl groups is 5. The van der Waals surface area contributed by atoms with E-state index < -0.39 is 102 Å². The number of ether oxygens (including phenoxy) is 8. The van der Waals surface area contributed by atoms with Gasteiger partial charge in [-0.05, 0) is 74.9 Å². The zero-order valence-corrected chi connectivity index (χ0v) is 37.3. The van der Waals surface area contributed by atoms with Crippen molar-refractivity contribution in [3.63, 3.8) is 0 Å². The van der Waals surface area contributed by atoms with E-state index in [1.54, 1.807) is 55.6 Å². The smallest absolute Gasteiger partial charge is 0.311 e. The lowest BCUT2D eigenvalue weighted by atomic mass is 9.73. The van der Waals surface area contributed by atoms with E-state index in [1.165, 1.54) is 14.0 Å². The summed E-state index contributed by atoms with van der Waals surface area (Å²) in [4.78, 5) is 21.8. The van der Waals surface area contributed by atoms with Crippen molar-refractivity contribution in [2.24, 2.45) is 28.8 Å². The minimum Gasteiger partial charge on any atom is -0.459 e. The number of esters is 1. The van der Waals surface area contributed by atoms with Crippen LogP contribution in [0, 0.1) is 23.7 Å². The van der Waals surface area contributed by atoms with Crippen molar-refractivity contribution in [1.29, 1.82) is 0 Å². The third kappa shape index (κ3) is 12.1. The Kier molecular flexibility index (Phi) is 18.8. The zero-order chi connectivity index (χ0) is 43.9. The molecule has 0 bridgehead atoms. The Balaban J connectivity index is 2.22. The summed E-state index contributed by atoms with van der Waals surface area (Å²) in [6, 6.07) is -0.328. The van der Waals surface area contributed by atoms with E-state index in [4.69, 9.17) is 42.7 Å². The first-order valence-corrected chi connectivity index (χ1v) is 20.8. The lowest BCUT2D eigenvalue weighted by Crippen LogP contribution is -2.61. The Hall–Kier alpha value is -1.58. The Morgan fingerprint density at radius 2 is 1.55 bits per heavy atom. The van der Waals surface area contributed by atoms with E-state index in [0.29, 0.717) is 18.7 Å². The molecule has 3 rings (SSSR count). The predicted octanol–water partition coefficient (Wildman–Crippen LogP) is 2.21. The molecule has 3 saturated heterocycles. The Bertz CT molecular complexity index is 1300. The van der Waals surface area contributed by atoms with E-state index in [9.17, 15) is 30.3 Å². The number of carbonyl (C=O) groups is 1. The summed E-state index contributed by atoms with van der Waals surface area (Å²) >= 11 is 0. The van der Waals surface area contributed by atoms with Gasteiger partial charge in [-0.25, -0.2) is 0 Å². The van der Waals surface area contributed by atoms with Crippen LogP contribution in [0.3, 0.4) is 0 Å². The molecule has 0 spiro atoms. The monoisotopic (exact) mass is 837 g/mol. The third-order valence-corrected chi connectivity index (χ3v) is 12.6. The zero-order valence-electron chi connectivity index (χ0n) is 37.3. The summed E-state index contributed by atoms with van der Waals surface area (Å²) in [6.07, 6.45) is -9.49. The molecule has 17 heteroatoms. The van der Waals surface area contributed by atoms with Gasteiger partial charge in [0.25, 0.3) is 0 Å². The summed E-state index contributed by atoms with van der Waals surface area (Å²) < 4.78 is 48.1. The van der Waals surface area contributed by atoms with Crippen molar-refractivity contribution in [1.82, 2.24) is 4.90 Å². The summed E-state index contributed by atoms with van der Waals surface area (Å²) in [5, 5.41) is 63.6. The molecule has 0 saturated carbocycles. The number of rotatable bonds is 13. The molecule has 58 heavy (non-hydrogen) atoms. The van der Waals surface area contributed by atoms with Gasteiger partial charge in [-0.3, -0.25) is 4.79 Å². The normalized spacial score (nSPS) is 45.8. The lowest BCUT2D eigenvalue weighted by Gasteiger charge is -2.49. The average Bonchev–Trinajstić information content (AvgIpc) is 3.15. The maximum absolute atomic E-state index is 14.3. The second-order valence-electron chi connectivity index (χ2n) is 17.7. The van der Waals surface area contributed by atoms with Gasteiger partial charge in [-0.2, -0.15) is 0 Å². The molecule has 0 amide bonds. The van der Waals surface area contributed by atoms with Gasteiger partial charge in [0, 0.05) is 44.4 Å². The van der Waals surface area contributed by atoms with Crippen LogP contribution in [-0.2, 0) is 47.5 Å². The number of cyclic esters (lactones) is 1. The average molecular weight is 837 g/mol. The van der Waals surface area contributed by atoms with Crippen molar-refractivity contribution < 1.29 is 73.1 Å². The maximum atomic E-state index is 14.3. The van der Waals surface area contributed by atoms with Gasteiger partial charge in [0.15, 0.2) is 12.6 Å². The molecule has 17 nitrogen and oxygen atoms in total. The van der Waals surface area contributed by atoms with Gasteiger partial charge in [0.1, 0.15) is 23.9 Å². The number of methoxy groups -OCH3 is 2. The Labute approximate surface area is 345 Å². The minimum absolute atomic E-state index is 0.0307. The first-order valence-electron chi connectivity index (χ1n) is 20.8. The van der Waals surface area contributed by atoms with Gasteiger partial charge in [-0.1, -0.05) is 32.9 Å². The SMILES string of the molecule is CC[C@@H]1OC(=O)[C@H](C)[C@H](O[C@@H]2C[C@](C)(OC)[C@H](O)[C@H](C)O2)[C@H](C)[C@H](O[C@@H]2O[C@H](C)C[C@H](N(C)C)[C@@H]2O)[C@](C)(O)C[C@H](C)/C(=N\OCOCCOC)[C@H](C)[C@H](O)[C@]1(C)O. The molecular weight excluding hydrogens is 760 g/mol. The largest absolute Gasteiger partial charge is 0.459 e. The molecule has 0 radical (unpaired) electrons. The molecule has 0 aromatic carbocycles. The molecule has 3 aliphatic rings. The van der Waals surface area contributed by atoms with Crippen molar-refractivity contribution in [2.75, 3.05) is 48.3 Å². The van der Waals surface area contributed by atoms with Crippen LogP contribution in [0.15, 0.2) is 5.16 Å². The first kappa shape index (κ1) is 50.8.